The highest BCUT2D eigenvalue weighted by Crippen LogP contribution is 2.38. The van der Waals surface area contributed by atoms with E-state index in [0.717, 1.165) is 46.7 Å². The molecule has 1 amide bonds. The molecule has 3 rings (SSSR count). The molecule has 0 saturated heterocycles. The number of nitrogens with one attached hydrogen (secondary N) is 1. The van der Waals surface area contributed by atoms with Gasteiger partial charge in [-0.2, -0.15) is 0 Å². The van der Waals surface area contributed by atoms with Crippen LogP contribution in [0.4, 0.5) is 10.7 Å². The summed E-state index contributed by atoms with van der Waals surface area (Å²) in [5.41, 5.74) is 1.63. The molecule has 1 heterocycles. The van der Waals surface area contributed by atoms with Gasteiger partial charge in [-0.3, -0.25) is 9.10 Å². The number of hydrogen-bond acceptors (Lipinski definition) is 7. The van der Waals surface area contributed by atoms with Gasteiger partial charge in [-0.05, 0) is 50.3 Å². The standard InChI is InChI=1S/C21H26N2O6S2/c1-4-29-21(25)19-16-10-5-6-11-17(16)30-20(19)22-18(24)13-23(31(3,26)27)14-8-7-9-15(12-14)28-2/h7-9,12H,4-6,10-11,13H2,1-3H3,(H,22,24). The Balaban J connectivity index is 1.88. The van der Waals surface area contributed by atoms with Crippen molar-refractivity contribution >= 4 is 43.9 Å². The summed E-state index contributed by atoms with van der Waals surface area (Å²) in [4.78, 5) is 26.5. The van der Waals surface area contributed by atoms with Gasteiger partial charge < -0.3 is 14.8 Å². The molecular formula is C21H26N2O6S2. The van der Waals surface area contributed by atoms with Crippen molar-refractivity contribution in [1.82, 2.24) is 0 Å². The normalized spacial score (nSPS) is 13.3. The van der Waals surface area contributed by atoms with Crippen LogP contribution in [-0.4, -0.2) is 46.8 Å². The number of ether oxygens (including phenoxy) is 2. The Hall–Kier alpha value is -2.59. The molecule has 0 saturated carbocycles. The minimum absolute atomic E-state index is 0.231. The number of hydrogen-bond donors (Lipinski definition) is 1. The average molecular weight is 467 g/mol. The fourth-order valence-electron chi connectivity index (χ4n) is 3.54. The number of benzene rings is 1. The van der Waals surface area contributed by atoms with Gasteiger partial charge in [0.05, 0.1) is 31.2 Å². The highest BCUT2D eigenvalue weighted by molar-refractivity contribution is 7.92. The summed E-state index contributed by atoms with van der Waals surface area (Å²) in [7, 11) is -2.26. The molecule has 0 atom stereocenters. The number of sulfonamides is 1. The van der Waals surface area contributed by atoms with Gasteiger partial charge >= 0.3 is 5.97 Å². The lowest BCUT2D eigenvalue weighted by Crippen LogP contribution is -2.37. The fraction of sp³-hybridized carbons (Fsp3) is 0.429. The lowest BCUT2D eigenvalue weighted by Gasteiger charge is -2.22. The van der Waals surface area contributed by atoms with E-state index in [-0.39, 0.29) is 6.61 Å². The van der Waals surface area contributed by atoms with E-state index in [1.807, 2.05) is 0 Å². The predicted octanol–water partition coefficient (Wildman–Crippen LogP) is 3.22. The molecule has 1 aromatic carbocycles. The van der Waals surface area contributed by atoms with Crippen LogP contribution in [0.3, 0.4) is 0 Å². The third-order valence-electron chi connectivity index (χ3n) is 4.93. The topological polar surface area (TPSA) is 102 Å². The Morgan fingerprint density at radius 1 is 1.23 bits per heavy atom. The molecular weight excluding hydrogens is 440 g/mol. The van der Waals surface area contributed by atoms with Crippen LogP contribution >= 0.6 is 11.3 Å². The zero-order valence-electron chi connectivity index (χ0n) is 17.8. The molecule has 1 N–H and O–H groups in total. The number of carbonyl (C=O) groups excluding carboxylic acids is 2. The van der Waals surface area contributed by atoms with Crippen LogP contribution in [0.5, 0.6) is 5.75 Å². The Kier molecular flexibility index (Phi) is 7.22. The number of fused-ring (bicyclic) bond motifs is 1. The Labute approximate surface area is 186 Å². The summed E-state index contributed by atoms with van der Waals surface area (Å²) < 4.78 is 36.1. The predicted molar refractivity (Wildman–Crippen MR) is 121 cm³/mol. The van der Waals surface area contributed by atoms with Crippen molar-refractivity contribution in [3.63, 3.8) is 0 Å². The summed E-state index contributed by atoms with van der Waals surface area (Å²) in [6.45, 7) is 1.53. The van der Waals surface area contributed by atoms with Gasteiger partial charge in [-0.15, -0.1) is 11.3 Å². The van der Waals surface area contributed by atoms with E-state index in [4.69, 9.17) is 9.47 Å². The van der Waals surface area contributed by atoms with Gasteiger partial charge in [0.25, 0.3) is 0 Å². The molecule has 1 aromatic heterocycles. The van der Waals surface area contributed by atoms with Gasteiger partial charge in [0.1, 0.15) is 17.3 Å². The lowest BCUT2D eigenvalue weighted by molar-refractivity contribution is -0.114. The number of carbonyl (C=O) groups is 2. The molecule has 1 aliphatic carbocycles. The third kappa shape index (κ3) is 5.37. The van der Waals surface area contributed by atoms with E-state index in [0.29, 0.717) is 22.0 Å². The maximum Gasteiger partial charge on any atom is 0.341 e. The second-order valence-corrected chi connectivity index (χ2v) is 10.2. The van der Waals surface area contributed by atoms with Gasteiger partial charge in [0.15, 0.2) is 0 Å². The number of aryl methyl sites for hydroxylation is 1. The van der Waals surface area contributed by atoms with E-state index < -0.39 is 28.4 Å². The van der Waals surface area contributed by atoms with Crippen LogP contribution in [0.1, 0.15) is 40.6 Å². The van der Waals surface area contributed by atoms with Crippen LogP contribution in [0.2, 0.25) is 0 Å². The number of nitrogens with zero attached hydrogens (tertiary/aromatic N) is 1. The van der Waals surface area contributed by atoms with E-state index in [9.17, 15) is 18.0 Å². The van der Waals surface area contributed by atoms with Crippen LogP contribution in [-0.2, 0) is 32.4 Å². The lowest BCUT2D eigenvalue weighted by atomic mass is 9.95. The molecule has 0 bridgehead atoms. The van der Waals surface area contributed by atoms with Crippen LogP contribution in [0.15, 0.2) is 24.3 Å². The van der Waals surface area contributed by atoms with Crippen LogP contribution in [0, 0.1) is 0 Å². The molecule has 168 valence electrons. The van der Waals surface area contributed by atoms with Gasteiger partial charge in [-0.25, -0.2) is 13.2 Å². The minimum atomic E-state index is -3.74. The van der Waals surface area contributed by atoms with Gasteiger partial charge in [0.2, 0.25) is 15.9 Å². The Morgan fingerprint density at radius 2 is 1.97 bits per heavy atom. The number of thiophene rings is 1. The van der Waals surface area contributed by atoms with Crippen molar-refractivity contribution in [1.29, 1.82) is 0 Å². The molecule has 1 aliphatic rings. The fourth-order valence-corrected chi connectivity index (χ4v) is 5.68. The summed E-state index contributed by atoms with van der Waals surface area (Å²) in [6.07, 6.45) is 4.65. The molecule has 0 fully saturated rings. The molecule has 0 aliphatic heterocycles. The zero-order valence-corrected chi connectivity index (χ0v) is 19.4. The SMILES string of the molecule is CCOC(=O)c1c(NC(=O)CN(c2cccc(OC)c2)S(C)(=O)=O)sc2c1CCCC2. The highest BCUT2D eigenvalue weighted by atomic mass is 32.2. The summed E-state index contributed by atoms with van der Waals surface area (Å²) in [5.74, 6) is -0.538. The molecule has 10 heteroatoms. The van der Waals surface area contributed by atoms with E-state index in [1.165, 1.54) is 18.4 Å². The third-order valence-corrected chi connectivity index (χ3v) is 7.28. The molecule has 31 heavy (non-hydrogen) atoms. The average Bonchev–Trinajstić information content (AvgIpc) is 3.09. The minimum Gasteiger partial charge on any atom is -0.497 e. The number of methoxy groups -OCH3 is 1. The number of rotatable bonds is 8. The van der Waals surface area contributed by atoms with Crippen molar-refractivity contribution in [2.45, 2.75) is 32.6 Å². The molecule has 0 unspecified atom stereocenters. The summed E-state index contributed by atoms with van der Waals surface area (Å²) >= 11 is 1.36. The maximum absolute atomic E-state index is 12.8. The zero-order chi connectivity index (χ0) is 22.6. The largest absolute Gasteiger partial charge is 0.497 e. The number of amides is 1. The van der Waals surface area contributed by atoms with Gasteiger partial charge in [0, 0.05) is 10.9 Å². The van der Waals surface area contributed by atoms with Crippen LogP contribution < -0.4 is 14.4 Å². The first kappa shape index (κ1) is 23.1. The van der Waals surface area contributed by atoms with Crippen molar-refractivity contribution in [3.8, 4) is 5.75 Å². The Bertz CT molecular complexity index is 1080. The molecule has 2 aromatic rings. The van der Waals surface area contributed by atoms with Gasteiger partial charge in [-0.1, -0.05) is 6.07 Å². The number of esters is 1. The molecule has 0 radical (unpaired) electrons. The molecule has 8 nitrogen and oxygen atoms in total. The smallest absolute Gasteiger partial charge is 0.341 e. The maximum atomic E-state index is 12.8. The quantitative estimate of drug-likeness (QED) is 0.600. The van der Waals surface area contributed by atoms with Crippen molar-refractivity contribution in [3.05, 3.63) is 40.3 Å². The highest BCUT2D eigenvalue weighted by Gasteiger charge is 2.28. The number of anilines is 2. The first-order chi connectivity index (χ1) is 14.7. The summed E-state index contributed by atoms with van der Waals surface area (Å²) in [5, 5.41) is 3.16. The van der Waals surface area contributed by atoms with E-state index >= 15 is 0 Å². The van der Waals surface area contributed by atoms with E-state index in [1.54, 1.807) is 31.2 Å². The Morgan fingerprint density at radius 3 is 2.65 bits per heavy atom. The summed E-state index contributed by atoms with van der Waals surface area (Å²) in [6, 6.07) is 6.47. The first-order valence-electron chi connectivity index (χ1n) is 9.97. The van der Waals surface area contributed by atoms with Crippen molar-refractivity contribution < 1.29 is 27.5 Å². The monoisotopic (exact) mass is 466 g/mol. The van der Waals surface area contributed by atoms with Crippen molar-refractivity contribution in [2.24, 2.45) is 0 Å². The van der Waals surface area contributed by atoms with E-state index in [2.05, 4.69) is 5.32 Å². The van der Waals surface area contributed by atoms with Crippen LogP contribution in [0.25, 0.3) is 0 Å². The van der Waals surface area contributed by atoms with Crippen molar-refractivity contribution in [2.75, 3.05) is 36.1 Å². The second-order valence-electron chi connectivity index (χ2n) is 7.15. The molecule has 0 spiro atoms. The first-order valence-corrected chi connectivity index (χ1v) is 12.6. The second kappa shape index (κ2) is 9.69.